The van der Waals surface area contributed by atoms with Gasteiger partial charge in [0, 0.05) is 5.02 Å². The summed E-state index contributed by atoms with van der Waals surface area (Å²) in [5.74, 6) is -1.40. The molecule has 0 N–H and O–H groups in total. The Morgan fingerprint density at radius 1 is 1.09 bits per heavy atom. The van der Waals surface area contributed by atoms with Crippen molar-refractivity contribution in [2.45, 2.75) is 0 Å². The Labute approximate surface area is 132 Å². The van der Waals surface area contributed by atoms with Crippen molar-refractivity contribution in [3.63, 3.8) is 0 Å². The second-order valence-corrected chi connectivity index (χ2v) is 5.64. The first-order valence-corrected chi connectivity index (χ1v) is 7.00. The Bertz CT molecular complexity index is 1060. The van der Waals surface area contributed by atoms with Gasteiger partial charge in [-0.25, -0.2) is 9.37 Å². The number of rotatable bonds is 0. The first-order chi connectivity index (χ1) is 10.5. The van der Waals surface area contributed by atoms with Crippen molar-refractivity contribution >= 4 is 39.9 Å². The van der Waals surface area contributed by atoms with Crippen LogP contribution in [0.3, 0.4) is 0 Å². The third kappa shape index (κ3) is 1.60. The van der Waals surface area contributed by atoms with E-state index in [9.17, 15) is 14.0 Å². The zero-order valence-electron chi connectivity index (χ0n) is 10.7. The van der Waals surface area contributed by atoms with E-state index in [1.54, 1.807) is 6.07 Å². The summed E-state index contributed by atoms with van der Waals surface area (Å²) < 4.78 is 14.7. The molecule has 4 rings (SSSR count). The topological polar surface area (TPSA) is 52.0 Å². The van der Waals surface area contributed by atoms with Gasteiger partial charge in [0.15, 0.2) is 5.82 Å². The zero-order chi connectivity index (χ0) is 15.6. The van der Waals surface area contributed by atoms with Gasteiger partial charge in [-0.05, 0) is 30.3 Å². The van der Waals surface area contributed by atoms with Crippen LogP contribution in [0.5, 0.6) is 0 Å². The molecule has 0 atom stereocenters. The minimum atomic E-state index is -0.720. The average molecular weight is 335 g/mol. The molecule has 108 valence electrons. The number of ketones is 1. The Hall–Kier alpha value is -2.24. The average Bonchev–Trinajstić information content (AvgIpc) is 2.77. The summed E-state index contributed by atoms with van der Waals surface area (Å²) in [5, 5.41) is 0.403. The zero-order valence-corrected chi connectivity index (χ0v) is 12.2. The van der Waals surface area contributed by atoms with E-state index in [2.05, 4.69) is 4.98 Å². The van der Waals surface area contributed by atoms with Crippen molar-refractivity contribution in [3.05, 3.63) is 67.9 Å². The summed E-state index contributed by atoms with van der Waals surface area (Å²) in [6, 6.07) is 7.05. The molecule has 22 heavy (non-hydrogen) atoms. The number of benzene rings is 2. The van der Waals surface area contributed by atoms with Crippen LogP contribution in [0.4, 0.5) is 4.39 Å². The van der Waals surface area contributed by atoms with E-state index >= 15 is 0 Å². The van der Waals surface area contributed by atoms with Crippen LogP contribution < -0.4 is 5.56 Å². The highest BCUT2D eigenvalue weighted by Gasteiger charge is 2.33. The molecule has 0 amide bonds. The number of nitrogens with zero attached hydrogens (tertiary/aromatic N) is 2. The van der Waals surface area contributed by atoms with Gasteiger partial charge in [-0.15, -0.1) is 0 Å². The van der Waals surface area contributed by atoms with Gasteiger partial charge in [0.25, 0.3) is 5.56 Å². The van der Waals surface area contributed by atoms with Gasteiger partial charge in [0.1, 0.15) is 5.82 Å². The molecule has 1 aliphatic heterocycles. The first-order valence-electron chi connectivity index (χ1n) is 6.24. The van der Waals surface area contributed by atoms with Crippen molar-refractivity contribution in [2.75, 3.05) is 0 Å². The number of hydrogen-bond acceptors (Lipinski definition) is 3. The maximum Gasteiger partial charge on any atom is 0.266 e. The lowest BCUT2D eigenvalue weighted by atomic mass is 10.1. The number of fused-ring (bicyclic) bond motifs is 4. The van der Waals surface area contributed by atoms with Crippen LogP contribution in [0, 0.1) is 5.82 Å². The summed E-state index contributed by atoms with van der Waals surface area (Å²) in [6.07, 6.45) is 0. The van der Waals surface area contributed by atoms with Crippen LogP contribution in [-0.4, -0.2) is 15.3 Å². The molecule has 0 fully saturated rings. The molecule has 0 bridgehead atoms. The van der Waals surface area contributed by atoms with Crippen LogP contribution >= 0.6 is 23.2 Å². The molecule has 2 heterocycles. The third-order valence-corrected chi connectivity index (χ3v) is 4.18. The maximum atomic E-state index is 13.6. The summed E-state index contributed by atoms with van der Waals surface area (Å²) in [4.78, 5) is 29.3. The Morgan fingerprint density at radius 3 is 2.64 bits per heavy atom. The van der Waals surface area contributed by atoms with Crippen LogP contribution in [0.15, 0.2) is 35.1 Å². The fourth-order valence-corrected chi connectivity index (χ4v) is 3.00. The van der Waals surface area contributed by atoms with Gasteiger partial charge < -0.3 is 0 Å². The summed E-state index contributed by atoms with van der Waals surface area (Å²) >= 11 is 11.8. The number of hydrogen-bond donors (Lipinski definition) is 0. The molecule has 1 aromatic heterocycles. The molecular weight excluding hydrogens is 330 g/mol. The van der Waals surface area contributed by atoms with Crippen LogP contribution in [0.2, 0.25) is 10.0 Å². The normalized spacial score (nSPS) is 12.6. The van der Waals surface area contributed by atoms with E-state index < -0.39 is 17.2 Å². The minimum absolute atomic E-state index is 0.0485. The second kappa shape index (κ2) is 4.38. The molecule has 3 aromatic rings. The number of carbonyl (C=O) groups is 1. The van der Waals surface area contributed by atoms with Gasteiger partial charge >= 0.3 is 0 Å². The molecule has 0 saturated heterocycles. The first kappa shape index (κ1) is 13.4. The number of halogens is 3. The Kier molecular flexibility index (Phi) is 2.67. The highest BCUT2D eigenvalue weighted by Crippen LogP contribution is 2.33. The van der Waals surface area contributed by atoms with Crippen molar-refractivity contribution < 1.29 is 9.18 Å². The molecule has 2 aromatic carbocycles. The maximum absolute atomic E-state index is 13.6. The van der Waals surface area contributed by atoms with E-state index in [4.69, 9.17) is 23.2 Å². The number of carbonyl (C=O) groups excluding carboxylic acids is 1. The minimum Gasteiger partial charge on any atom is -0.285 e. The molecule has 4 nitrogen and oxygen atoms in total. The van der Waals surface area contributed by atoms with Crippen LogP contribution in [-0.2, 0) is 0 Å². The quantitative estimate of drug-likeness (QED) is 0.495. The van der Waals surface area contributed by atoms with Gasteiger partial charge in [-0.3, -0.25) is 14.2 Å². The molecule has 0 spiro atoms. The molecule has 0 aliphatic carbocycles. The predicted molar refractivity (Wildman–Crippen MR) is 80.8 cm³/mol. The molecule has 0 radical (unpaired) electrons. The van der Waals surface area contributed by atoms with Gasteiger partial charge in [-0.2, -0.15) is 0 Å². The Balaban J connectivity index is 2.18. The van der Waals surface area contributed by atoms with Crippen LogP contribution in [0.1, 0.15) is 16.2 Å². The Morgan fingerprint density at radius 2 is 1.86 bits per heavy atom. The standard InChI is InChI=1S/C15H5Cl2FN2O2/c16-6-1-2-7-9(5-6)19-14-13(21)11-10(20(14)15(7)22)4-3-8(18)12(11)17/h1-5H. The van der Waals surface area contributed by atoms with E-state index in [1.807, 2.05) is 0 Å². The summed E-state index contributed by atoms with van der Waals surface area (Å²) in [7, 11) is 0. The SMILES string of the molecule is O=C1c2c(ccc(F)c2Cl)-n2c1nc1cc(Cl)ccc1c2=O. The fourth-order valence-electron chi connectivity index (χ4n) is 2.59. The van der Waals surface area contributed by atoms with E-state index in [-0.39, 0.29) is 22.1 Å². The van der Waals surface area contributed by atoms with Crippen molar-refractivity contribution in [2.24, 2.45) is 0 Å². The summed E-state index contributed by atoms with van der Waals surface area (Å²) in [5.41, 5.74) is 0.0707. The van der Waals surface area contributed by atoms with Gasteiger partial charge in [0.2, 0.25) is 5.78 Å². The van der Waals surface area contributed by atoms with Crippen molar-refractivity contribution in [1.82, 2.24) is 9.55 Å². The molecular formula is C15H5Cl2FN2O2. The van der Waals surface area contributed by atoms with E-state index in [0.717, 1.165) is 10.6 Å². The molecule has 0 saturated carbocycles. The monoisotopic (exact) mass is 334 g/mol. The lowest BCUT2D eigenvalue weighted by molar-refractivity contribution is 0.103. The highest BCUT2D eigenvalue weighted by atomic mass is 35.5. The molecule has 1 aliphatic rings. The van der Waals surface area contributed by atoms with E-state index in [0.29, 0.717) is 15.9 Å². The predicted octanol–water partition coefficient (Wildman–Crippen LogP) is 3.38. The van der Waals surface area contributed by atoms with Crippen molar-refractivity contribution in [3.8, 4) is 5.69 Å². The molecule has 0 unspecified atom stereocenters. The third-order valence-electron chi connectivity index (χ3n) is 3.58. The van der Waals surface area contributed by atoms with Gasteiger partial charge in [0.05, 0.1) is 27.2 Å². The van der Waals surface area contributed by atoms with Gasteiger partial charge in [-0.1, -0.05) is 23.2 Å². The van der Waals surface area contributed by atoms with Crippen LogP contribution in [0.25, 0.3) is 16.6 Å². The lowest BCUT2D eigenvalue weighted by Crippen LogP contribution is -2.21. The molecule has 7 heteroatoms. The smallest absolute Gasteiger partial charge is 0.266 e. The number of aromatic nitrogens is 2. The second-order valence-electron chi connectivity index (χ2n) is 4.82. The summed E-state index contributed by atoms with van der Waals surface area (Å²) in [6.45, 7) is 0. The fraction of sp³-hybridized carbons (Fsp3) is 0. The largest absolute Gasteiger partial charge is 0.285 e. The highest BCUT2D eigenvalue weighted by molar-refractivity contribution is 6.36. The lowest BCUT2D eigenvalue weighted by Gasteiger charge is -2.06. The van der Waals surface area contributed by atoms with E-state index in [1.165, 1.54) is 18.2 Å². The van der Waals surface area contributed by atoms with Crippen molar-refractivity contribution in [1.29, 1.82) is 0 Å².